The molecule has 0 amide bonds. The van der Waals surface area contributed by atoms with Crippen LogP contribution in [0.15, 0.2) is 12.4 Å². The average molecular weight is 219 g/mol. The Morgan fingerprint density at radius 3 is 2.38 bits per heavy atom. The van der Waals surface area contributed by atoms with Gasteiger partial charge in [-0.2, -0.15) is 0 Å². The Bertz CT molecular complexity index is 354. The first kappa shape index (κ1) is 11.5. The maximum atomic E-state index is 4.46. The maximum absolute atomic E-state index is 4.46. The molecule has 1 aromatic heterocycles. The van der Waals surface area contributed by atoms with Crippen LogP contribution in [0.1, 0.15) is 51.4 Å². The molecule has 3 heteroatoms. The smallest absolute Gasteiger partial charge is 0.131 e. The third kappa shape index (κ3) is 2.59. The standard InChI is InChI=1S/C13H21N3/c1-9(2)14-6-10-7-15-12(16-8-10)11-5-13(11,3)4/h7-9,11,14H,5-6H2,1-4H3. The molecule has 16 heavy (non-hydrogen) atoms. The summed E-state index contributed by atoms with van der Waals surface area (Å²) in [4.78, 5) is 8.93. The maximum Gasteiger partial charge on any atom is 0.131 e. The van der Waals surface area contributed by atoms with Gasteiger partial charge in [-0.3, -0.25) is 0 Å². The molecule has 0 aliphatic heterocycles. The Morgan fingerprint density at radius 2 is 1.94 bits per heavy atom. The van der Waals surface area contributed by atoms with E-state index < -0.39 is 0 Å². The zero-order valence-corrected chi connectivity index (χ0v) is 10.6. The van der Waals surface area contributed by atoms with Crippen molar-refractivity contribution in [2.24, 2.45) is 5.41 Å². The first-order valence-corrected chi connectivity index (χ1v) is 6.03. The summed E-state index contributed by atoms with van der Waals surface area (Å²) in [6.45, 7) is 9.68. The van der Waals surface area contributed by atoms with Gasteiger partial charge < -0.3 is 5.32 Å². The van der Waals surface area contributed by atoms with Crippen molar-refractivity contribution in [1.82, 2.24) is 15.3 Å². The van der Waals surface area contributed by atoms with Gasteiger partial charge in [-0.05, 0) is 11.8 Å². The van der Waals surface area contributed by atoms with Gasteiger partial charge in [0.1, 0.15) is 5.82 Å². The van der Waals surface area contributed by atoms with Gasteiger partial charge in [0.25, 0.3) is 0 Å². The van der Waals surface area contributed by atoms with Crippen molar-refractivity contribution in [3.63, 3.8) is 0 Å². The largest absolute Gasteiger partial charge is 0.310 e. The Balaban J connectivity index is 1.95. The summed E-state index contributed by atoms with van der Waals surface area (Å²) >= 11 is 0. The Morgan fingerprint density at radius 1 is 1.38 bits per heavy atom. The topological polar surface area (TPSA) is 37.8 Å². The summed E-state index contributed by atoms with van der Waals surface area (Å²) in [5, 5.41) is 3.36. The molecule has 1 aromatic rings. The molecule has 0 aromatic carbocycles. The van der Waals surface area contributed by atoms with Crippen LogP contribution in [0, 0.1) is 5.41 Å². The molecule has 1 saturated carbocycles. The van der Waals surface area contributed by atoms with Gasteiger partial charge in [0.05, 0.1) is 0 Å². The molecule has 1 unspecified atom stereocenters. The van der Waals surface area contributed by atoms with Gasteiger partial charge in [0.15, 0.2) is 0 Å². The molecule has 1 aliphatic rings. The molecule has 1 N–H and O–H groups in total. The van der Waals surface area contributed by atoms with E-state index in [-0.39, 0.29) is 0 Å². The second-order valence-corrected chi connectivity index (χ2v) is 5.73. The Labute approximate surface area is 97.7 Å². The monoisotopic (exact) mass is 219 g/mol. The van der Waals surface area contributed by atoms with Gasteiger partial charge in [-0.15, -0.1) is 0 Å². The van der Waals surface area contributed by atoms with Crippen molar-refractivity contribution in [3.05, 3.63) is 23.8 Å². The van der Waals surface area contributed by atoms with E-state index in [1.165, 1.54) is 6.42 Å². The van der Waals surface area contributed by atoms with Crippen molar-refractivity contribution < 1.29 is 0 Å². The van der Waals surface area contributed by atoms with Crippen LogP contribution >= 0.6 is 0 Å². The minimum Gasteiger partial charge on any atom is -0.310 e. The molecule has 0 saturated heterocycles. The van der Waals surface area contributed by atoms with Crippen LogP contribution < -0.4 is 5.32 Å². The van der Waals surface area contributed by atoms with Gasteiger partial charge in [-0.1, -0.05) is 27.7 Å². The first-order valence-electron chi connectivity index (χ1n) is 6.03. The highest BCUT2D eigenvalue weighted by atomic mass is 14.9. The highest BCUT2D eigenvalue weighted by molar-refractivity contribution is 5.17. The van der Waals surface area contributed by atoms with Gasteiger partial charge >= 0.3 is 0 Å². The molecule has 2 rings (SSSR count). The van der Waals surface area contributed by atoms with Crippen LogP contribution in [-0.2, 0) is 6.54 Å². The summed E-state index contributed by atoms with van der Waals surface area (Å²) in [5.41, 5.74) is 1.58. The third-order valence-electron chi connectivity index (χ3n) is 3.26. The molecule has 0 radical (unpaired) electrons. The van der Waals surface area contributed by atoms with Crippen molar-refractivity contribution in [3.8, 4) is 0 Å². The highest BCUT2D eigenvalue weighted by Crippen LogP contribution is 2.57. The first-order chi connectivity index (χ1) is 7.49. The van der Waals surface area contributed by atoms with Crippen molar-refractivity contribution in [2.45, 2.75) is 52.6 Å². The van der Waals surface area contributed by atoms with Crippen LogP contribution in [0.3, 0.4) is 0 Å². The van der Waals surface area contributed by atoms with Crippen LogP contribution in [0.5, 0.6) is 0 Å². The van der Waals surface area contributed by atoms with Crippen LogP contribution in [-0.4, -0.2) is 16.0 Å². The lowest BCUT2D eigenvalue weighted by Gasteiger charge is -2.08. The number of rotatable bonds is 4. The van der Waals surface area contributed by atoms with Crippen LogP contribution in [0.2, 0.25) is 0 Å². The SMILES string of the molecule is CC(C)NCc1cnc(C2CC2(C)C)nc1. The Kier molecular flexibility index (Phi) is 2.98. The summed E-state index contributed by atoms with van der Waals surface area (Å²) in [5.74, 6) is 1.58. The lowest BCUT2D eigenvalue weighted by atomic mass is 10.1. The minimum absolute atomic E-state index is 0.414. The van der Waals surface area contributed by atoms with Gasteiger partial charge in [0, 0.05) is 36.5 Å². The highest BCUT2D eigenvalue weighted by Gasteiger charge is 2.48. The van der Waals surface area contributed by atoms with Crippen LogP contribution in [0.25, 0.3) is 0 Å². The summed E-state index contributed by atoms with van der Waals surface area (Å²) in [6.07, 6.45) is 5.12. The van der Waals surface area contributed by atoms with Gasteiger partial charge in [-0.25, -0.2) is 9.97 Å². The van der Waals surface area contributed by atoms with E-state index >= 15 is 0 Å². The predicted molar refractivity (Wildman–Crippen MR) is 65.1 cm³/mol. The lowest BCUT2D eigenvalue weighted by molar-refractivity contribution is 0.583. The van der Waals surface area contributed by atoms with Crippen LogP contribution in [0.4, 0.5) is 0 Å². The predicted octanol–water partition coefficient (Wildman–Crippen LogP) is 2.49. The molecule has 1 fully saturated rings. The number of nitrogens with one attached hydrogen (secondary N) is 1. The molecular formula is C13H21N3. The summed E-state index contributed by atoms with van der Waals surface area (Å²) in [6, 6.07) is 0.502. The number of nitrogens with zero attached hydrogens (tertiary/aromatic N) is 2. The molecule has 88 valence electrons. The quantitative estimate of drug-likeness (QED) is 0.845. The lowest BCUT2D eigenvalue weighted by Crippen LogP contribution is -2.22. The van der Waals surface area contributed by atoms with E-state index in [0.717, 1.165) is 17.9 Å². The summed E-state index contributed by atoms with van der Waals surface area (Å²) < 4.78 is 0. The number of hydrogen-bond donors (Lipinski definition) is 1. The zero-order chi connectivity index (χ0) is 11.8. The normalized spacial score (nSPS) is 22.4. The minimum atomic E-state index is 0.414. The fourth-order valence-electron chi connectivity index (χ4n) is 1.87. The number of hydrogen-bond acceptors (Lipinski definition) is 3. The second kappa shape index (κ2) is 4.13. The number of aromatic nitrogens is 2. The second-order valence-electron chi connectivity index (χ2n) is 5.73. The third-order valence-corrected chi connectivity index (χ3v) is 3.26. The molecule has 1 atom stereocenters. The summed E-state index contributed by atoms with van der Waals surface area (Å²) in [7, 11) is 0. The van der Waals surface area contributed by atoms with E-state index in [0.29, 0.717) is 17.4 Å². The van der Waals surface area contributed by atoms with Crippen molar-refractivity contribution in [2.75, 3.05) is 0 Å². The molecular weight excluding hydrogens is 198 g/mol. The molecule has 1 aliphatic carbocycles. The molecule has 0 bridgehead atoms. The van der Waals surface area contributed by atoms with E-state index in [9.17, 15) is 0 Å². The van der Waals surface area contributed by atoms with E-state index in [1.807, 2.05) is 12.4 Å². The Hall–Kier alpha value is -0.960. The van der Waals surface area contributed by atoms with E-state index in [4.69, 9.17) is 0 Å². The van der Waals surface area contributed by atoms with Gasteiger partial charge in [0.2, 0.25) is 0 Å². The van der Waals surface area contributed by atoms with E-state index in [2.05, 4.69) is 43.0 Å². The molecule has 3 nitrogen and oxygen atoms in total. The molecule has 1 heterocycles. The zero-order valence-electron chi connectivity index (χ0n) is 10.6. The fraction of sp³-hybridized carbons (Fsp3) is 0.692. The van der Waals surface area contributed by atoms with Crippen molar-refractivity contribution in [1.29, 1.82) is 0 Å². The average Bonchev–Trinajstić information content (AvgIpc) is 2.85. The van der Waals surface area contributed by atoms with E-state index in [1.54, 1.807) is 0 Å². The fourth-order valence-corrected chi connectivity index (χ4v) is 1.87. The van der Waals surface area contributed by atoms with Crippen molar-refractivity contribution >= 4 is 0 Å². The molecule has 0 spiro atoms.